The van der Waals surface area contributed by atoms with Crippen LogP contribution in [0.1, 0.15) is 30.8 Å². The molecule has 1 aromatic rings. The first kappa shape index (κ1) is 13.5. The molecule has 0 saturated heterocycles. The zero-order chi connectivity index (χ0) is 12.0. The number of halogens is 1. The highest BCUT2D eigenvalue weighted by atomic mass is 35.5. The largest absolute Gasteiger partial charge is 0.440 e. The third kappa shape index (κ3) is 4.49. The topological polar surface area (TPSA) is 42.2 Å². The normalized spacial score (nSPS) is 12.4. The van der Waals surface area contributed by atoms with Gasteiger partial charge in [-0.2, -0.15) is 11.8 Å². The number of amides is 1. The van der Waals surface area contributed by atoms with E-state index in [0.717, 1.165) is 17.9 Å². The molecule has 0 aliphatic rings. The molecule has 1 amide bonds. The van der Waals surface area contributed by atoms with E-state index < -0.39 is 0 Å². The number of thioether (sulfide) groups is 1. The highest BCUT2D eigenvalue weighted by molar-refractivity contribution is 7.99. The fourth-order valence-corrected chi connectivity index (χ4v) is 2.16. The molecule has 5 heteroatoms. The van der Waals surface area contributed by atoms with Gasteiger partial charge in [0.1, 0.15) is 0 Å². The van der Waals surface area contributed by atoms with E-state index in [9.17, 15) is 4.79 Å². The molecule has 1 unspecified atom stereocenters. The fourth-order valence-electron chi connectivity index (χ4n) is 1.21. The van der Waals surface area contributed by atoms with Crippen molar-refractivity contribution in [3.05, 3.63) is 23.1 Å². The van der Waals surface area contributed by atoms with Crippen LogP contribution in [0.3, 0.4) is 0 Å². The lowest BCUT2D eigenvalue weighted by Crippen LogP contribution is -2.32. The minimum atomic E-state index is -0.208. The summed E-state index contributed by atoms with van der Waals surface area (Å²) in [5, 5.41) is 3.10. The average Bonchev–Trinajstić information content (AvgIpc) is 2.65. The molecule has 0 spiro atoms. The van der Waals surface area contributed by atoms with Crippen molar-refractivity contribution in [3.63, 3.8) is 0 Å². The lowest BCUT2D eigenvalue weighted by atomic mass is 10.2. The molecule has 0 aromatic carbocycles. The van der Waals surface area contributed by atoms with E-state index in [1.165, 1.54) is 0 Å². The van der Waals surface area contributed by atoms with Crippen LogP contribution >= 0.6 is 23.4 Å². The van der Waals surface area contributed by atoms with Gasteiger partial charge in [-0.05, 0) is 48.6 Å². The smallest absolute Gasteiger partial charge is 0.287 e. The van der Waals surface area contributed by atoms with Gasteiger partial charge in [0.2, 0.25) is 0 Å². The molecule has 1 aromatic heterocycles. The van der Waals surface area contributed by atoms with E-state index in [1.807, 2.05) is 18.7 Å². The van der Waals surface area contributed by atoms with Crippen molar-refractivity contribution in [1.29, 1.82) is 0 Å². The summed E-state index contributed by atoms with van der Waals surface area (Å²) in [6.45, 7) is 4.11. The van der Waals surface area contributed by atoms with Crippen molar-refractivity contribution in [2.75, 3.05) is 11.5 Å². The number of nitrogens with one attached hydrogen (secondary N) is 1. The maximum atomic E-state index is 11.6. The van der Waals surface area contributed by atoms with Crippen LogP contribution in [0.25, 0.3) is 0 Å². The van der Waals surface area contributed by atoms with Gasteiger partial charge < -0.3 is 9.73 Å². The average molecular weight is 262 g/mol. The summed E-state index contributed by atoms with van der Waals surface area (Å²) in [4.78, 5) is 11.6. The van der Waals surface area contributed by atoms with E-state index in [-0.39, 0.29) is 22.9 Å². The van der Waals surface area contributed by atoms with Crippen LogP contribution < -0.4 is 5.32 Å². The molecule has 0 fully saturated rings. The summed E-state index contributed by atoms with van der Waals surface area (Å²) in [5.74, 6) is 2.21. The maximum absolute atomic E-state index is 11.6. The summed E-state index contributed by atoms with van der Waals surface area (Å²) < 4.78 is 5.02. The minimum Gasteiger partial charge on any atom is -0.440 e. The number of carbonyl (C=O) groups is 1. The second kappa shape index (κ2) is 6.86. The van der Waals surface area contributed by atoms with Crippen LogP contribution in [0, 0.1) is 0 Å². The monoisotopic (exact) mass is 261 g/mol. The molecule has 1 N–H and O–H groups in total. The number of carbonyl (C=O) groups excluding carboxylic acids is 1. The molecule has 0 aliphatic carbocycles. The summed E-state index contributed by atoms with van der Waals surface area (Å²) in [7, 11) is 0. The third-order valence-corrected chi connectivity index (χ3v) is 3.21. The Morgan fingerprint density at radius 3 is 2.94 bits per heavy atom. The Morgan fingerprint density at radius 2 is 2.38 bits per heavy atom. The second-order valence-electron chi connectivity index (χ2n) is 3.46. The molecule has 1 rings (SSSR count). The van der Waals surface area contributed by atoms with Crippen LogP contribution in [0.4, 0.5) is 0 Å². The van der Waals surface area contributed by atoms with Crippen LogP contribution in [0.15, 0.2) is 16.5 Å². The van der Waals surface area contributed by atoms with Gasteiger partial charge in [-0.25, -0.2) is 0 Å². The second-order valence-corrected chi connectivity index (χ2v) is 5.23. The standard InChI is InChI=1S/C11H16ClNO2S/c1-3-16-7-6-8(2)13-11(14)9-4-5-10(12)15-9/h4-5,8H,3,6-7H2,1-2H3,(H,13,14). The van der Waals surface area contributed by atoms with E-state index in [4.69, 9.17) is 16.0 Å². The van der Waals surface area contributed by atoms with Crippen molar-refractivity contribution in [1.82, 2.24) is 5.32 Å². The predicted molar refractivity (Wildman–Crippen MR) is 68.3 cm³/mol. The molecular formula is C11H16ClNO2S. The number of rotatable bonds is 6. The molecular weight excluding hydrogens is 246 g/mol. The molecule has 0 bridgehead atoms. The van der Waals surface area contributed by atoms with Gasteiger partial charge in [0.15, 0.2) is 11.0 Å². The van der Waals surface area contributed by atoms with Crippen molar-refractivity contribution >= 4 is 29.3 Å². The maximum Gasteiger partial charge on any atom is 0.287 e. The fraction of sp³-hybridized carbons (Fsp3) is 0.545. The predicted octanol–water partition coefficient (Wildman–Crippen LogP) is 3.19. The Hall–Kier alpha value is -0.610. The first-order valence-corrected chi connectivity index (χ1v) is 6.80. The summed E-state index contributed by atoms with van der Waals surface area (Å²) >= 11 is 7.46. The minimum absolute atomic E-state index is 0.149. The Kier molecular flexibility index (Phi) is 5.77. The lowest BCUT2D eigenvalue weighted by Gasteiger charge is -2.11. The molecule has 1 heterocycles. The SMILES string of the molecule is CCSCCC(C)NC(=O)c1ccc(Cl)o1. The Bertz CT molecular complexity index is 340. The van der Waals surface area contributed by atoms with Crippen LogP contribution in [0.5, 0.6) is 0 Å². The molecule has 16 heavy (non-hydrogen) atoms. The molecule has 0 radical (unpaired) electrons. The highest BCUT2D eigenvalue weighted by Gasteiger charge is 2.12. The van der Waals surface area contributed by atoms with E-state index in [0.29, 0.717) is 0 Å². The highest BCUT2D eigenvalue weighted by Crippen LogP contribution is 2.13. The molecule has 3 nitrogen and oxygen atoms in total. The molecule has 0 saturated carbocycles. The Balaban J connectivity index is 2.33. The van der Waals surface area contributed by atoms with Gasteiger partial charge in [0.25, 0.3) is 5.91 Å². The van der Waals surface area contributed by atoms with E-state index >= 15 is 0 Å². The quantitative estimate of drug-likeness (QED) is 0.800. The lowest BCUT2D eigenvalue weighted by molar-refractivity contribution is 0.0911. The van der Waals surface area contributed by atoms with Crippen molar-refractivity contribution < 1.29 is 9.21 Å². The Morgan fingerprint density at radius 1 is 1.62 bits per heavy atom. The zero-order valence-electron chi connectivity index (χ0n) is 9.46. The van der Waals surface area contributed by atoms with Crippen molar-refractivity contribution in [2.45, 2.75) is 26.3 Å². The van der Waals surface area contributed by atoms with Gasteiger partial charge in [-0.3, -0.25) is 4.79 Å². The third-order valence-electron chi connectivity index (χ3n) is 2.07. The zero-order valence-corrected chi connectivity index (χ0v) is 11.0. The van der Waals surface area contributed by atoms with Gasteiger partial charge >= 0.3 is 0 Å². The van der Waals surface area contributed by atoms with Crippen molar-refractivity contribution in [3.8, 4) is 0 Å². The van der Waals surface area contributed by atoms with Gasteiger partial charge in [0, 0.05) is 6.04 Å². The van der Waals surface area contributed by atoms with Gasteiger partial charge in [0.05, 0.1) is 0 Å². The summed E-state index contributed by atoms with van der Waals surface area (Å²) in [6.07, 6.45) is 0.957. The van der Waals surface area contributed by atoms with Crippen LogP contribution in [-0.2, 0) is 0 Å². The molecule has 90 valence electrons. The number of hydrogen-bond acceptors (Lipinski definition) is 3. The summed E-state index contributed by atoms with van der Waals surface area (Å²) in [6, 6.07) is 3.29. The molecule has 0 aliphatic heterocycles. The molecule has 1 atom stereocenters. The first-order valence-electron chi connectivity index (χ1n) is 5.27. The van der Waals surface area contributed by atoms with Gasteiger partial charge in [-0.15, -0.1) is 0 Å². The summed E-state index contributed by atoms with van der Waals surface area (Å²) in [5.41, 5.74) is 0. The first-order chi connectivity index (χ1) is 7.63. The van der Waals surface area contributed by atoms with Crippen molar-refractivity contribution in [2.24, 2.45) is 0 Å². The number of hydrogen-bond donors (Lipinski definition) is 1. The van der Waals surface area contributed by atoms with E-state index in [2.05, 4.69) is 12.2 Å². The number of furan rings is 1. The van der Waals surface area contributed by atoms with Crippen LogP contribution in [0.2, 0.25) is 5.22 Å². The van der Waals surface area contributed by atoms with Gasteiger partial charge in [-0.1, -0.05) is 6.92 Å². The Labute approximate surface area is 105 Å². The van der Waals surface area contributed by atoms with E-state index in [1.54, 1.807) is 12.1 Å². The van der Waals surface area contributed by atoms with Crippen LogP contribution in [-0.4, -0.2) is 23.5 Å².